The first-order valence-corrected chi connectivity index (χ1v) is 11.8. The minimum Gasteiger partial charge on any atom is -0.507 e. The maximum atomic E-state index is 13.3. The van der Waals surface area contributed by atoms with Gasteiger partial charge in [-0.2, -0.15) is 0 Å². The van der Waals surface area contributed by atoms with E-state index in [0.29, 0.717) is 28.6 Å². The Labute approximate surface area is 200 Å². The predicted molar refractivity (Wildman–Crippen MR) is 133 cm³/mol. The van der Waals surface area contributed by atoms with Crippen molar-refractivity contribution in [1.29, 1.82) is 0 Å². The van der Waals surface area contributed by atoms with E-state index in [-0.39, 0.29) is 11.3 Å². The van der Waals surface area contributed by atoms with Crippen molar-refractivity contribution in [2.24, 2.45) is 0 Å². The Morgan fingerprint density at radius 3 is 2.50 bits per heavy atom. The van der Waals surface area contributed by atoms with Crippen LogP contribution in [0.2, 0.25) is 0 Å². The number of aliphatic hydroxyl groups excluding tert-OH is 1. The van der Waals surface area contributed by atoms with Gasteiger partial charge < -0.3 is 9.84 Å². The van der Waals surface area contributed by atoms with Crippen molar-refractivity contribution in [3.05, 3.63) is 95.1 Å². The molecule has 1 aromatic heterocycles. The second-order valence-electron chi connectivity index (χ2n) is 8.00. The first-order chi connectivity index (χ1) is 16.5. The molecule has 1 N–H and O–H groups in total. The number of carbonyl (C=O) groups is 2. The van der Waals surface area contributed by atoms with Crippen molar-refractivity contribution < 1.29 is 19.4 Å². The molecule has 4 aromatic rings. The Balaban J connectivity index is 1.69. The zero-order valence-electron chi connectivity index (χ0n) is 18.7. The second-order valence-corrected chi connectivity index (χ2v) is 9.01. The summed E-state index contributed by atoms with van der Waals surface area (Å²) < 4.78 is 6.43. The molecule has 1 fully saturated rings. The van der Waals surface area contributed by atoms with Gasteiger partial charge in [0.2, 0.25) is 0 Å². The maximum absolute atomic E-state index is 13.3. The van der Waals surface area contributed by atoms with Gasteiger partial charge in [-0.25, -0.2) is 4.98 Å². The summed E-state index contributed by atoms with van der Waals surface area (Å²) in [7, 11) is 0. The highest BCUT2D eigenvalue weighted by molar-refractivity contribution is 7.22. The van der Waals surface area contributed by atoms with E-state index < -0.39 is 17.7 Å². The van der Waals surface area contributed by atoms with Crippen LogP contribution in [0.1, 0.15) is 29.7 Å². The van der Waals surface area contributed by atoms with Gasteiger partial charge in [-0.15, -0.1) is 0 Å². The molecule has 170 valence electrons. The molecule has 1 saturated heterocycles. The number of anilines is 1. The van der Waals surface area contributed by atoms with Gasteiger partial charge in [-0.1, -0.05) is 71.5 Å². The molecule has 0 spiro atoms. The van der Waals surface area contributed by atoms with Gasteiger partial charge in [0.1, 0.15) is 11.5 Å². The van der Waals surface area contributed by atoms with E-state index in [2.05, 4.69) is 4.98 Å². The zero-order valence-corrected chi connectivity index (χ0v) is 19.5. The number of Topliss-reactive ketones (excluding diaryl/α,β-unsaturated/α-hetero) is 1. The second kappa shape index (κ2) is 8.76. The van der Waals surface area contributed by atoms with Crippen molar-refractivity contribution in [1.82, 2.24) is 4.98 Å². The summed E-state index contributed by atoms with van der Waals surface area (Å²) in [6.45, 7) is 4.42. The first-order valence-electron chi connectivity index (χ1n) is 10.9. The molecule has 1 aliphatic rings. The van der Waals surface area contributed by atoms with Gasteiger partial charge in [0.25, 0.3) is 5.78 Å². The molecule has 0 bridgehead atoms. The van der Waals surface area contributed by atoms with Crippen LogP contribution in [0.3, 0.4) is 0 Å². The van der Waals surface area contributed by atoms with Crippen LogP contribution in [0.4, 0.5) is 5.13 Å². The number of thiazole rings is 1. The number of aromatic nitrogens is 1. The molecule has 1 amide bonds. The number of fused-ring (bicyclic) bond motifs is 1. The van der Waals surface area contributed by atoms with Gasteiger partial charge in [0.15, 0.2) is 5.13 Å². The highest BCUT2D eigenvalue weighted by Crippen LogP contribution is 2.44. The van der Waals surface area contributed by atoms with E-state index in [0.717, 1.165) is 15.8 Å². The van der Waals surface area contributed by atoms with Gasteiger partial charge in [0, 0.05) is 5.56 Å². The predicted octanol–water partition coefficient (Wildman–Crippen LogP) is 5.63. The van der Waals surface area contributed by atoms with E-state index >= 15 is 0 Å². The number of hydrogen-bond acceptors (Lipinski definition) is 6. The van der Waals surface area contributed by atoms with Crippen LogP contribution in [-0.4, -0.2) is 28.4 Å². The molecule has 6 nitrogen and oxygen atoms in total. The largest absolute Gasteiger partial charge is 0.507 e. The van der Waals surface area contributed by atoms with E-state index in [9.17, 15) is 14.7 Å². The molecule has 3 aromatic carbocycles. The van der Waals surface area contributed by atoms with Gasteiger partial charge in [0.05, 0.1) is 28.4 Å². The monoisotopic (exact) mass is 470 g/mol. The number of amides is 1. The lowest BCUT2D eigenvalue weighted by molar-refractivity contribution is -0.132. The Hall–Kier alpha value is -3.97. The fourth-order valence-corrected chi connectivity index (χ4v) is 5.12. The molecule has 7 heteroatoms. The molecule has 1 aliphatic heterocycles. The van der Waals surface area contributed by atoms with Crippen LogP contribution in [0.5, 0.6) is 5.75 Å². The smallest absolute Gasteiger partial charge is 0.301 e. The molecular formula is C27H22N2O4S. The number of carbonyl (C=O) groups excluding carboxylic acids is 2. The highest BCUT2D eigenvalue weighted by atomic mass is 32.1. The SMILES string of the molecule is CCOc1ccc2nc(N3C(=O)C(=O)/C(=C(/O)c4ccccc4)C3c3ccc(C)cc3)sc2c1. The van der Waals surface area contributed by atoms with E-state index in [4.69, 9.17) is 4.74 Å². The van der Waals surface area contributed by atoms with Gasteiger partial charge in [-0.05, 0) is 37.6 Å². The molecule has 0 aliphatic carbocycles. The topological polar surface area (TPSA) is 79.7 Å². The summed E-state index contributed by atoms with van der Waals surface area (Å²) in [4.78, 5) is 32.6. The number of aliphatic hydroxyl groups is 1. The van der Waals surface area contributed by atoms with Crippen LogP contribution in [0.15, 0.2) is 78.4 Å². The van der Waals surface area contributed by atoms with E-state index in [1.165, 1.54) is 16.2 Å². The van der Waals surface area contributed by atoms with Crippen LogP contribution >= 0.6 is 11.3 Å². The average Bonchev–Trinajstić information content (AvgIpc) is 3.38. The van der Waals surface area contributed by atoms with Crippen molar-refractivity contribution in [3.63, 3.8) is 0 Å². The number of rotatable bonds is 5. The third kappa shape index (κ3) is 3.74. The fraction of sp³-hybridized carbons (Fsp3) is 0.148. The Morgan fingerprint density at radius 1 is 1.06 bits per heavy atom. The minimum atomic E-state index is -0.798. The molecule has 1 unspecified atom stereocenters. The Bertz CT molecular complexity index is 1420. The standard InChI is InChI=1S/C27H22N2O4S/c1-3-33-19-13-14-20-21(15-19)34-27(28-20)29-23(17-11-9-16(2)10-12-17)22(25(31)26(29)32)24(30)18-7-5-4-6-8-18/h4-15,23,30H,3H2,1-2H3/b24-22+. The summed E-state index contributed by atoms with van der Waals surface area (Å²) >= 11 is 1.31. The lowest BCUT2D eigenvalue weighted by Gasteiger charge is -2.23. The number of aryl methyl sites for hydroxylation is 1. The fourth-order valence-electron chi connectivity index (χ4n) is 4.10. The van der Waals surface area contributed by atoms with Crippen molar-refractivity contribution >= 4 is 44.1 Å². The summed E-state index contributed by atoms with van der Waals surface area (Å²) in [5, 5.41) is 11.5. The van der Waals surface area contributed by atoms with Crippen LogP contribution in [0, 0.1) is 6.92 Å². The van der Waals surface area contributed by atoms with Gasteiger partial charge >= 0.3 is 5.91 Å². The maximum Gasteiger partial charge on any atom is 0.301 e. The normalized spacial score (nSPS) is 17.5. The van der Waals surface area contributed by atoms with Crippen LogP contribution < -0.4 is 9.64 Å². The number of nitrogens with zero attached hydrogens (tertiary/aromatic N) is 2. The molecule has 0 radical (unpaired) electrons. The number of ketones is 1. The summed E-state index contributed by atoms with van der Waals surface area (Å²) in [6.07, 6.45) is 0. The first kappa shape index (κ1) is 21.9. The van der Waals surface area contributed by atoms with Crippen LogP contribution in [-0.2, 0) is 9.59 Å². The van der Waals surface area contributed by atoms with Gasteiger partial charge in [-0.3, -0.25) is 14.5 Å². The summed E-state index contributed by atoms with van der Waals surface area (Å²) in [5.41, 5.74) is 3.00. The summed E-state index contributed by atoms with van der Waals surface area (Å²) in [5.74, 6) is -0.938. The van der Waals surface area contributed by atoms with Crippen molar-refractivity contribution in [3.8, 4) is 5.75 Å². The quantitative estimate of drug-likeness (QED) is 0.232. The average molecular weight is 471 g/mol. The van der Waals surface area contributed by atoms with Crippen molar-refractivity contribution in [2.75, 3.05) is 11.5 Å². The molecule has 2 heterocycles. The minimum absolute atomic E-state index is 0.0503. The number of ether oxygens (including phenoxy) is 1. The summed E-state index contributed by atoms with van der Waals surface area (Å²) in [6, 6.07) is 21.1. The number of benzene rings is 3. The third-order valence-corrected chi connectivity index (χ3v) is 6.77. The molecular weight excluding hydrogens is 448 g/mol. The highest BCUT2D eigenvalue weighted by Gasteiger charge is 2.48. The van der Waals surface area contributed by atoms with E-state index in [1.807, 2.05) is 62.4 Å². The zero-order chi connectivity index (χ0) is 23.8. The Kier molecular flexibility index (Phi) is 5.63. The lowest BCUT2D eigenvalue weighted by Crippen LogP contribution is -2.29. The molecule has 34 heavy (non-hydrogen) atoms. The third-order valence-electron chi connectivity index (χ3n) is 5.75. The van der Waals surface area contributed by atoms with E-state index in [1.54, 1.807) is 24.3 Å². The molecule has 5 rings (SSSR count). The number of hydrogen-bond donors (Lipinski definition) is 1. The lowest BCUT2D eigenvalue weighted by atomic mass is 9.95. The molecule has 1 atom stereocenters. The van der Waals surface area contributed by atoms with Crippen molar-refractivity contribution in [2.45, 2.75) is 19.9 Å². The molecule has 0 saturated carbocycles. The Morgan fingerprint density at radius 2 is 1.79 bits per heavy atom. The van der Waals surface area contributed by atoms with Crippen LogP contribution in [0.25, 0.3) is 16.0 Å².